The third-order valence-corrected chi connectivity index (χ3v) is 5.35. The molecule has 1 aromatic carbocycles. The third kappa shape index (κ3) is 3.87. The summed E-state index contributed by atoms with van der Waals surface area (Å²) in [7, 11) is 0. The molecule has 2 aliphatic carbocycles. The van der Waals surface area contributed by atoms with Crippen molar-refractivity contribution < 1.29 is 4.79 Å². The van der Waals surface area contributed by atoms with Gasteiger partial charge in [-0.3, -0.25) is 4.79 Å². The first-order valence-corrected chi connectivity index (χ1v) is 9.14. The van der Waals surface area contributed by atoms with Crippen LogP contribution in [0.15, 0.2) is 30.6 Å². The first-order valence-electron chi connectivity index (χ1n) is 9.14. The smallest absolute Gasteiger partial charge is 0.251 e. The lowest BCUT2D eigenvalue weighted by Crippen LogP contribution is -2.58. The fraction of sp³-hybridized carbons (Fsp3) is 0.556. The van der Waals surface area contributed by atoms with Crippen molar-refractivity contribution in [3.8, 4) is 0 Å². The SMILES string of the molecule is O=C(N[C@H]1CC[C@H]1NC1CCCC1)c1ccc(Cn2cnnn2)cc1. The van der Waals surface area contributed by atoms with E-state index >= 15 is 0 Å². The Morgan fingerprint density at radius 1 is 1.08 bits per heavy atom. The molecule has 2 aliphatic rings. The molecule has 7 heteroatoms. The summed E-state index contributed by atoms with van der Waals surface area (Å²) in [5.41, 5.74) is 1.76. The Hall–Kier alpha value is -2.28. The van der Waals surface area contributed by atoms with Crippen molar-refractivity contribution in [3.63, 3.8) is 0 Å². The van der Waals surface area contributed by atoms with Gasteiger partial charge in [0.05, 0.1) is 6.54 Å². The van der Waals surface area contributed by atoms with Gasteiger partial charge < -0.3 is 10.6 Å². The Morgan fingerprint density at radius 3 is 2.48 bits per heavy atom. The standard InChI is InChI=1S/C18H24N6O/c25-18(21-17-10-9-16(17)20-15-3-1-2-4-15)14-7-5-13(6-8-14)11-24-12-19-22-23-24/h5-8,12,15-17,20H,1-4,9-11H2,(H,21,25)/t16-,17+/m1/s1. The summed E-state index contributed by atoms with van der Waals surface area (Å²) in [6.07, 6.45) is 9.02. The van der Waals surface area contributed by atoms with Crippen LogP contribution in [0.2, 0.25) is 0 Å². The van der Waals surface area contributed by atoms with Crippen LogP contribution in [0.4, 0.5) is 0 Å². The van der Waals surface area contributed by atoms with E-state index < -0.39 is 0 Å². The van der Waals surface area contributed by atoms with Crippen molar-refractivity contribution in [2.45, 2.75) is 63.2 Å². The highest BCUT2D eigenvalue weighted by molar-refractivity contribution is 5.94. The second kappa shape index (κ2) is 7.31. The van der Waals surface area contributed by atoms with E-state index in [1.165, 1.54) is 25.7 Å². The number of carbonyl (C=O) groups excluding carboxylic acids is 1. The van der Waals surface area contributed by atoms with Gasteiger partial charge in [0.1, 0.15) is 6.33 Å². The average molecular weight is 340 g/mol. The second-order valence-corrected chi connectivity index (χ2v) is 7.12. The Labute approximate surface area is 147 Å². The molecule has 4 rings (SSSR count). The van der Waals surface area contributed by atoms with Crippen LogP contribution in [0.1, 0.15) is 54.4 Å². The highest BCUT2D eigenvalue weighted by atomic mass is 16.1. The molecule has 1 aromatic heterocycles. The fourth-order valence-corrected chi connectivity index (χ4v) is 3.72. The van der Waals surface area contributed by atoms with Crippen molar-refractivity contribution >= 4 is 5.91 Å². The Bertz CT molecular complexity index is 693. The minimum absolute atomic E-state index is 0.0110. The van der Waals surface area contributed by atoms with E-state index in [0.717, 1.165) is 18.4 Å². The van der Waals surface area contributed by atoms with Crippen LogP contribution in [-0.2, 0) is 6.54 Å². The summed E-state index contributed by atoms with van der Waals surface area (Å²) in [6, 6.07) is 8.98. The topological polar surface area (TPSA) is 84.7 Å². The number of hydrogen-bond donors (Lipinski definition) is 2. The van der Waals surface area contributed by atoms with Gasteiger partial charge in [-0.05, 0) is 53.8 Å². The molecule has 0 unspecified atom stereocenters. The summed E-state index contributed by atoms with van der Waals surface area (Å²) in [4.78, 5) is 12.5. The summed E-state index contributed by atoms with van der Waals surface area (Å²) < 4.78 is 1.66. The van der Waals surface area contributed by atoms with Crippen LogP contribution >= 0.6 is 0 Å². The number of aromatic nitrogens is 4. The lowest BCUT2D eigenvalue weighted by molar-refractivity contribution is 0.0889. The van der Waals surface area contributed by atoms with Gasteiger partial charge in [-0.15, -0.1) is 5.10 Å². The molecule has 0 aliphatic heterocycles. The minimum Gasteiger partial charge on any atom is -0.348 e. The number of hydrogen-bond acceptors (Lipinski definition) is 5. The average Bonchev–Trinajstić information content (AvgIpc) is 3.31. The molecule has 2 N–H and O–H groups in total. The number of carbonyl (C=O) groups is 1. The quantitative estimate of drug-likeness (QED) is 0.833. The second-order valence-electron chi connectivity index (χ2n) is 7.12. The first kappa shape index (κ1) is 16.2. The fourth-order valence-electron chi connectivity index (χ4n) is 3.72. The van der Waals surface area contributed by atoms with Crippen molar-refractivity contribution in [2.24, 2.45) is 0 Å². The molecular weight excluding hydrogens is 316 g/mol. The molecule has 2 fully saturated rings. The van der Waals surface area contributed by atoms with Gasteiger partial charge in [0.25, 0.3) is 5.91 Å². The summed E-state index contributed by atoms with van der Waals surface area (Å²) in [6.45, 7) is 0.602. The van der Waals surface area contributed by atoms with Gasteiger partial charge in [0, 0.05) is 23.7 Å². The molecular formula is C18H24N6O. The van der Waals surface area contributed by atoms with Crippen molar-refractivity contribution in [1.82, 2.24) is 30.8 Å². The molecule has 0 saturated heterocycles. The molecule has 2 atom stereocenters. The van der Waals surface area contributed by atoms with E-state index in [0.29, 0.717) is 24.2 Å². The highest BCUT2D eigenvalue weighted by Crippen LogP contribution is 2.25. The van der Waals surface area contributed by atoms with Crippen LogP contribution < -0.4 is 10.6 Å². The maximum absolute atomic E-state index is 12.5. The van der Waals surface area contributed by atoms with Gasteiger partial charge in [-0.1, -0.05) is 25.0 Å². The largest absolute Gasteiger partial charge is 0.348 e. The number of nitrogens with one attached hydrogen (secondary N) is 2. The van der Waals surface area contributed by atoms with Gasteiger partial charge in [0.15, 0.2) is 0 Å². The Morgan fingerprint density at radius 2 is 1.84 bits per heavy atom. The van der Waals surface area contributed by atoms with E-state index in [4.69, 9.17) is 0 Å². The van der Waals surface area contributed by atoms with Gasteiger partial charge in [-0.25, -0.2) is 4.68 Å². The van der Waals surface area contributed by atoms with Gasteiger partial charge in [0.2, 0.25) is 0 Å². The van der Waals surface area contributed by atoms with Gasteiger partial charge in [-0.2, -0.15) is 0 Å². The Balaban J connectivity index is 1.30. The number of rotatable bonds is 6. The molecule has 0 spiro atoms. The number of amides is 1. The molecule has 0 radical (unpaired) electrons. The monoisotopic (exact) mass is 340 g/mol. The molecule has 7 nitrogen and oxygen atoms in total. The van der Waals surface area contributed by atoms with E-state index in [-0.39, 0.29) is 11.9 Å². The normalized spacial score (nSPS) is 23.4. The van der Waals surface area contributed by atoms with Crippen molar-refractivity contribution in [3.05, 3.63) is 41.7 Å². The molecule has 132 valence electrons. The van der Waals surface area contributed by atoms with Crippen LogP contribution in [0.3, 0.4) is 0 Å². The van der Waals surface area contributed by atoms with E-state index in [9.17, 15) is 4.79 Å². The third-order valence-electron chi connectivity index (χ3n) is 5.35. The molecule has 2 aromatic rings. The van der Waals surface area contributed by atoms with Crippen LogP contribution in [-0.4, -0.2) is 44.2 Å². The molecule has 1 heterocycles. The predicted octanol–water partition coefficient (Wildman–Crippen LogP) is 1.51. The maximum Gasteiger partial charge on any atom is 0.251 e. The van der Waals surface area contributed by atoms with E-state index in [2.05, 4.69) is 26.2 Å². The van der Waals surface area contributed by atoms with Crippen molar-refractivity contribution in [1.29, 1.82) is 0 Å². The molecule has 2 saturated carbocycles. The number of tetrazole rings is 1. The van der Waals surface area contributed by atoms with Crippen LogP contribution in [0.5, 0.6) is 0 Å². The highest BCUT2D eigenvalue weighted by Gasteiger charge is 2.34. The van der Waals surface area contributed by atoms with Crippen LogP contribution in [0.25, 0.3) is 0 Å². The zero-order chi connectivity index (χ0) is 17.1. The predicted molar refractivity (Wildman–Crippen MR) is 93.0 cm³/mol. The van der Waals surface area contributed by atoms with Crippen molar-refractivity contribution in [2.75, 3.05) is 0 Å². The zero-order valence-electron chi connectivity index (χ0n) is 14.3. The molecule has 1 amide bonds. The number of benzene rings is 1. The lowest BCUT2D eigenvalue weighted by atomic mass is 9.85. The summed E-state index contributed by atoms with van der Waals surface area (Å²) in [5, 5.41) is 18.0. The van der Waals surface area contributed by atoms with E-state index in [1.54, 1.807) is 11.0 Å². The zero-order valence-corrected chi connectivity index (χ0v) is 14.3. The number of nitrogens with zero attached hydrogens (tertiary/aromatic N) is 4. The summed E-state index contributed by atoms with van der Waals surface area (Å²) in [5.74, 6) is 0.0110. The minimum atomic E-state index is 0.0110. The van der Waals surface area contributed by atoms with Crippen LogP contribution in [0, 0.1) is 0 Å². The first-order chi connectivity index (χ1) is 12.3. The lowest BCUT2D eigenvalue weighted by Gasteiger charge is -2.39. The summed E-state index contributed by atoms with van der Waals surface area (Å²) >= 11 is 0. The maximum atomic E-state index is 12.5. The Kier molecular flexibility index (Phi) is 4.74. The molecule has 0 bridgehead atoms. The van der Waals surface area contributed by atoms with E-state index in [1.807, 2.05) is 24.3 Å². The van der Waals surface area contributed by atoms with Gasteiger partial charge >= 0.3 is 0 Å². The molecule has 25 heavy (non-hydrogen) atoms.